The summed E-state index contributed by atoms with van der Waals surface area (Å²) in [7, 11) is 1.47. The van der Waals surface area contributed by atoms with E-state index in [4.69, 9.17) is 9.47 Å². The van der Waals surface area contributed by atoms with Crippen LogP contribution in [0, 0.1) is 0 Å². The van der Waals surface area contributed by atoms with Gasteiger partial charge in [-0.1, -0.05) is 36.4 Å². The van der Waals surface area contributed by atoms with E-state index in [1.807, 2.05) is 30.3 Å². The Morgan fingerprint density at radius 2 is 1.66 bits per heavy atom. The molecule has 1 N–H and O–H groups in total. The van der Waals surface area contributed by atoms with Crippen molar-refractivity contribution in [2.24, 2.45) is 0 Å². The van der Waals surface area contributed by atoms with Crippen molar-refractivity contribution in [2.45, 2.75) is 18.8 Å². The Morgan fingerprint density at radius 3 is 2.24 bits per heavy atom. The van der Waals surface area contributed by atoms with Crippen molar-refractivity contribution >= 4 is 24.8 Å². The molecule has 0 radical (unpaired) electrons. The van der Waals surface area contributed by atoms with E-state index in [9.17, 15) is 13.2 Å². The van der Waals surface area contributed by atoms with Crippen LogP contribution in [-0.2, 0) is 6.61 Å². The van der Waals surface area contributed by atoms with Gasteiger partial charge in [0.25, 0.3) is 0 Å². The van der Waals surface area contributed by atoms with Gasteiger partial charge in [0.15, 0.2) is 11.5 Å². The van der Waals surface area contributed by atoms with Crippen molar-refractivity contribution in [1.29, 1.82) is 0 Å². The van der Waals surface area contributed by atoms with Crippen LogP contribution in [0.3, 0.4) is 0 Å². The van der Waals surface area contributed by atoms with Gasteiger partial charge >= 0.3 is 6.18 Å². The number of nitrogens with zero attached hydrogens (tertiary/aromatic N) is 1. The van der Waals surface area contributed by atoms with Gasteiger partial charge in [0.2, 0.25) is 0 Å². The minimum atomic E-state index is -4.37. The summed E-state index contributed by atoms with van der Waals surface area (Å²) in [5.41, 5.74) is 1.09. The zero-order valence-corrected chi connectivity index (χ0v) is 17.6. The number of alkyl halides is 3. The highest BCUT2D eigenvalue weighted by atomic mass is 35.5. The van der Waals surface area contributed by atoms with Crippen LogP contribution < -0.4 is 14.8 Å². The maximum atomic E-state index is 13.8. The molecule has 1 atom stereocenters. The van der Waals surface area contributed by atoms with Crippen LogP contribution >= 0.6 is 24.8 Å². The molecule has 1 fully saturated rings. The van der Waals surface area contributed by atoms with Gasteiger partial charge in [-0.15, -0.1) is 24.8 Å². The maximum absolute atomic E-state index is 13.8. The van der Waals surface area contributed by atoms with E-state index in [1.165, 1.54) is 30.2 Å². The summed E-state index contributed by atoms with van der Waals surface area (Å²) in [5, 5.41) is 3.09. The van der Waals surface area contributed by atoms with E-state index in [0.29, 0.717) is 37.7 Å². The molecule has 0 amide bonds. The van der Waals surface area contributed by atoms with Crippen molar-refractivity contribution in [3.05, 3.63) is 59.7 Å². The van der Waals surface area contributed by atoms with Crippen molar-refractivity contribution in [3.8, 4) is 11.5 Å². The van der Waals surface area contributed by atoms with Crippen LogP contribution in [0.4, 0.5) is 13.2 Å². The Bertz CT molecular complexity index is 742. The fourth-order valence-electron chi connectivity index (χ4n) is 3.26. The average Bonchev–Trinajstić information content (AvgIpc) is 2.67. The van der Waals surface area contributed by atoms with Gasteiger partial charge in [-0.05, 0) is 23.3 Å². The maximum Gasteiger partial charge on any atom is 0.408 e. The molecule has 0 aromatic heterocycles. The van der Waals surface area contributed by atoms with Crippen molar-refractivity contribution < 1.29 is 22.6 Å². The lowest BCUT2D eigenvalue weighted by atomic mass is 10.0. The summed E-state index contributed by atoms with van der Waals surface area (Å²) in [5.74, 6) is 0.721. The third kappa shape index (κ3) is 6.67. The Kier molecular flexibility index (Phi) is 10.1. The largest absolute Gasteiger partial charge is 0.493 e. The first kappa shape index (κ1) is 25.4. The van der Waals surface area contributed by atoms with Gasteiger partial charge in [0.1, 0.15) is 12.6 Å². The Morgan fingerprint density at radius 1 is 1.00 bits per heavy atom. The normalized spacial score (nSPS) is 15.6. The van der Waals surface area contributed by atoms with E-state index >= 15 is 0 Å². The molecule has 0 saturated carbocycles. The third-order valence-corrected chi connectivity index (χ3v) is 4.57. The van der Waals surface area contributed by atoms with E-state index in [-0.39, 0.29) is 37.0 Å². The minimum absolute atomic E-state index is 0. The van der Waals surface area contributed by atoms with Gasteiger partial charge in [0.05, 0.1) is 7.11 Å². The summed E-state index contributed by atoms with van der Waals surface area (Å²) in [6, 6.07) is 12.3. The molecule has 1 heterocycles. The number of benzene rings is 2. The topological polar surface area (TPSA) is 33.7 Å². The molecule has 29 heavy (non-hydrogen) atoms. The van der Waals surface area contributed by atoms with Gasteiger partial charge in [-0.2, -0.15) is 13.2 Å². The number of hydrogen-bond acceptors (Lipinski definition) is 4. The van der Waals surface area contributed by atoms with Gasteiger partial charge < -0.3 is 14.8 Å². The molecule has 1 aliphatic heterocycles. The first-order chi connectivity index (χ1) is 13.0. The fourth-order valence-corrected chi connectivity index (χ4v) is 3.26. The molecule has 0 spiro atoms. The second-order valence-electron chi connectivity index (χ2n) is 6.41. The number of halogens is 5. The van der Waals surface area contributed by atoms with E-state index in [2.05, 4.69) is 5.32 Å². The Hall–Kier alpha value is -1.67. The smallest absolute Gasteiger partial charge is 0.408 e. The van der Waals surface area contributed by atoms with Crippen LogP contribution in [0.1, 0.15) is 17.2 Å². The summed E-state index contributed by atoms with van der Waals surface area (Å²) in [4.78, 5) is 1.46. The molecule has 0 aliphatic carbocycles. The zero-order chi connectivity index (χ0) is 19.3. The monoisotopic (exact) mass is 452 g/mol. The molecular formula is C20H25Cl2F3N2O2. The summed E-state index contributed by atoms with van der Waals surface area (Å²) in [6.45, 7) is 2.03. The van der Waals surface area contributed by atoms with Gasteiger partial charge in [-0.3, -0.25) is 4.90 Å². The Balaban J connectivity index is 0.00000210. The molecule has 1 aliphatic rings. The second kappa shape index (κ2) is 11.5. The predicted octanol–water partition coefficient (Wildman–Crippen LogP) is 4.63. The number of rotatable bonds is 6. The summed E-state index contributed by atoms with van der Waals surface area (Å²) < 4.78 is 52.5. The third-order valence-electron chi connectivity index (χ3n) is 4.57. The minimum Gasteiger partial charge on any atom is -0.493 e. The molecule has 3 rings (SSSR count). The van der Waals surface area contributed by atoms with E-state index in [1.54, 1.807) is 0 Å². The molecule has 9 heteroatoms. The molecule has 0 unspecified atom stereocenters. The fraction of sp³-hybridized carbons (Fsp3) is 0.400. The van der Waals surface area contributed by atoms with Crippen LogP contribution in [-0.4, -0.2) is 44.4 Å². The number of nitrogens with one attached hydrogen (secondary N) is 1. The lowest BCUT2D eigenvalue weighted by Gasteiger charge is -2.36. The number of methoxy groups -OCH3 is 1. The number of ether oxygens (including phenoxy) is 2. The highest BCUT2D eigenvalue weighted by molar-refractivity contribution is 5.85. The lowest BCUT2D eigenvalue weighted by molar-refractivity contribution is -0.187. The number of hydrogen-bond donors (Lipinski definition) is 1. The summed E-state index contributed by atoms with van der Waals surface area (Å²) >= 11 is 0. The van der Waals surface area contributed by atoms with Crippen molar-refractivity contribution in [2.75, 3.05) is 33.3 Å². The molecule has 1 saturated heterocycles. The van der Waals surface area contributed by atoms with Crippen LogP contribution in [0.25, 0.3) is 0 Å². The first-order valence-electron chi connectivity index (χ1n) is 8.85. The lowest BCUT2D eigenvalue weighted by Crippen LogP contribution is -2.49. The van der Waals surface area contributed by atoms with E-state index in [0.717, 1.165) is 5.56 Å². The van der Waals surface area contributed by atoms with Gasteiger partial charge in [0, 0.05) is 26.2 Å². The van der Waals surface area contributed by atoms with Crippen molar-refractivity contribution in [3.63, 3.8) is 0 Å². The summed E-state index contributed by atoms with van der Waals surface area (Å²) in [6.07, 6.45) is -4.37. The SMILES string of the molecule is COc1ccc([C@@H](N2CCNCC2)C(F)(F)F)cc1OCc1ccccc1.Cl.Cl. The standard InChI is InChI=1S/C20H23F3N2O2.2ClH/c1-26-17-8-7-16(13-18(17)27-14-15-5-3-2-4-6-15)19(20(21,22)23)25-11-9-24-10-12-25;;/h2-8,13,19,24H,9-12,14H2,1H3;2*1H/t19-;;/m1../s1. The molecule has 2 aromatic rings. The highest BCUT2D eigenvalue weighted by Gasteiger charge is 2.45. The van der Waals surface area contributed by atoms with E-state index < -0.39 is 12.2 Å². The zero-order valence-electron chi connectivity index (χ0n) is 15.9. The molecule has 0 bridgehead atoms. The van der Waals surface area contributed by atoms with Gasteiger partial charge in [-0.25, -0.2) is 0 Å². The average molecular weight is 453 g/mol. The predicted molar refractivity (Wildman–Crippen MR) is 112 cm³/mol. The quantitative estimate of drug-likeness (QED) is 0.692. The molecule has 162 valence electrons. The molecule has 2 aromatic carbocycles. The van der Waals surface area contributed by atoms with Crippen LogP contribution in [0.5, 0.6) is 11.5 Å². The van der Waals surface area contributed by atoms with Crippen LogP contribution in [0.15, 0.2) is 48.5 Å². The molecular weight excluding hydrogens is 428 g/mol. The molecule has 4 nitrogen and oxygen atoms in total. The highest BCUT2D eigenvalue weighted by Crippen LogP contribution is 2.41. The van der Waals surface area contributed by atoms with Crippen LogP contribution in [0.2, 0.25) is 0 Å². The first-order valence-corrected chi connectivity index (χ1v) is 8.85. The second-order valence-corrected chi connectivity index (χ2v) is 6.41. The van der Waals surface area contributed by atoms with Crippen molar-refractivity contribution in [1.82, 2.24) is 10.2 Å². The Labute approximate surface area is 181 Å². The number of piperazine rings is 1.